The minimum atomic E-state index is -1.18. The van der Waals surface area contributed by atoms with Crippen molar-refractivity contribution in [3.63, 3.8) is 0 Å². The average molecular weight is 1090 g/mol. The number of fused-ring (bicyclic) bond motifs is 2. The predicted molar refractivity (Wildman–Crippen MR) is 224 cm³/mol. The fraction of sp³-hybridized carbons (Fsp3) is 0.588. The van der Waals surface area contributed by atoms with Gasteiger partial charge in [0.25, 0.3) is 0 Å². The first-order valence-electron chi connectivity index (χ1n) is 18.8. The molecule has 11 atom stereocenters. The van der Waals surface area contributed by atoms with Crippen LogP contribution in [0.15, 0.2) is 25.3 Å². The maximum atomic E-state index is 11.3. The summed E-state index contributed by atoms with van der Waals surface area (Å²) >= 11 is 0.509. The van der Waals surface area contributed by atoms with E-state index in [9.17, 15) is 39.6 Å². The molecule has 2 fully saturated rings. The molecule has 0 spiro atoms. The predicted octanol–water partition coefficient (Wildman–Crippen LogP) is -3.51. The summed E-state index contributed by atoms with van der Waals surface area (Å²) in [6.07, 6.45) is -0.782. The number of amides is 1. The normalized spacial score (nSPS) is 24.4. The molecule has 2 aliphatic heterocycles. The van der Waals surface area contributed by atoms with Gasteiger partial charge < -0.3 is 0 Å². The third kappa shape index (κ3) is 13.4. The van der Waals surface area contributed by atoms with Crippen LogP contribution in [0.5, 0.6) is 0 Å². The second kappa shape index (κ2) is 24.2. The number of anilines is 2. The molecule has 2 aliphatic rings. The summed E-state index contributed by atoms with van der Waals surface area (Å²) in [5.41, 5.74) is 23.9. The molecule has 4 unspecified atom stereocenters. The number of aliphatic hydroxyl groups excluding tert-OH is 4. The zero-order valence-electron chi connectivity index (χ0n) is 33.8. The number of imidazole rings is 2. The van der Waals surface area contributed by atoms with E-state index in [-0.39, 0.29) is 60.5 Å². The Kier molecular flexibility index (Phi) is 19.8. The topological polar surface area (TPSA) is 432 Å². The molecule has 63 heavy (non-hydrogen) atoms. The van der Waals surface area contributed by atoms with E-state index in [4.69, 9.17) is 47.7 Å². The number of carboxylic acid groups (broad SMARTS) is 3. The molecule has 0 radical (unpaired) electrons. The Morgan fingerprint density at radius 2 is 1.17 bits per heavy atom. The fourth-order valence-corrected chi connectivity index (χ4v) is 10.8. The zero-order chi connectivity index (χ0) is 46.5. The number of carboxylic acids is 3. The van der Waals surface area contributed by atoms with Gasteiger partial charge in [-0.25, -0.2) is 0 Å². The molecule has 6 rings (SSSR count). The number of aliphatic carboxylic acids is 3. The number of rotatable bonds is 18. The second-order valence-electron chi connectivity index (χ2n) is 13.9. The summed E-state index contributed by atoms with van der Waals surface area (Å²) in [5.74, 6) is 0.652. The van der Waals surface area contributed by atoms with Crippen molar-refractivity contribution in [3.8, 4) is 0 Å². The molecule has 0 aliphatic carbocycles. The Morgan fingerprint density at radius 3 is 1.62 bits per heavy atom. The van der Waals surface area contributed by atoms with Crippen LogP contribution in [0.4, 0.5) is 11.6 Å². The molecule has 348 valence electrons. The van der Waals surface area contributed by atoms with Crippen molar-refractivity contribution >= 4 is 103 Å². The van der Waals surface area contributed by atoms with Gasteiger partial charge in [-0.15, -0.1) is 0 Å². The SMILES string of the molecule is C[Se]CC(NC(=O)CCC(N)C(=O)O)C(=O)O.C[Se]C[C@H]1O[C@@H](n2cnc3c(N)ncnc32)[C@@H](O)C1O.Nc1ncnc2c1ncn2[C@@H]1O[C@H](C[Se]CC[C@H](N)C(=O)O)C(O)[C@@H]1O. The number of ether oxygens (including phenoxy) is 2. The summed E-state index contributed by atoms with van der Waals surface area (Å²) in [7, 11) is 0. The van der Waals surface area contributed by atoms with Crippen LogP contribution in [0.25, 0.3) is 22.3 Å². The van der Waals surface area contributed by atoms with Crippen LogP contribution in [0.1, 0.15) is 31.7 Å². The van der Waals surface area contributed by atoms with E-state index < -0.39 is 84.9 Å². The summed E-state index contributed by atoms with van der Waals surface area (Å²) in [6.45, 7) is 0. The van der Waals surface area contributed by atoms with E-state index in [1.54, 1.807) is 4.57 Å². The monoisotopic (exact) mass is 1090 g/mol. The summed E-state index contributed by atoms with van der Waals surface area (Å²) in [6, 6.07) is -2.87. The number of nitrogen functional groups attached to an aromatic ring is 2. The number of aromatic nitrogens is 8. The Labute approximate surface area is 377 Å². The van der Waals surface area contributed by atoms with E-state index >= 15 is 0 Å². The van der Waals surface area contributed by atoms with E-state index in [1.165, 1.54) is 29.9 Å². The van der Waals surface area contributed by atoms with Gasteiger partial charge in [0.15, 0.2) is 0 Å². The molecule has 16 N–H and O–H groups in total. The molecule has 6 heterocycles. The Balaban J connectivity index is 0.000000213. The molecule has 4 aromatic heterocycles. The molecule has 26 nitrogen and oxygen atoms in total. The van der Waals surface area contributed by atoms with Gasteiger partial charge >= 0.3 is 379 Å². The van der Waals surface area contributed by atoms with E-state index in [0.29, 0.717) is 59.7 Å². The molecule has 2 saturated heterocycles. The molecule has 4 aromatic rings. The van der Waals surface area contributed by atoms with Crippen LogP contribution in [0.2, 0.25) is 32.9 Å². The third-order valence-corrected chi connectivity index (χ3v) is 14.5. The molecule has 0 saturated carbocycles. The summed E-state index contributed by atoms with van der Waals surface area (Å²) in [5, 5.41) is 71.5. The van der Waals surface area contributed by atoms with Gasteiger partial charge in [-0.05, 0) is 0 Å². The van der Waals surface area contributed by atoms with Crippen LogP contribution in [-0.4, -0.2) is 198 Å². The van der Waals surface area contributed by atoms with Gasteiger partial charge in [-0.1, -0.05) is 0 Å². The quantitative estimate of drug-likeness (QED) is 0.0340. The van der Waals surface area contributed by atoms with Gasteiger partial charge in [0.2, 0.25) is 0 Å². The molecular weight excluding hydrogens is 1040 g/mol. The van der Waals surface area contributed by atoms with Crippen LogP contribution in [0.3, 0.4) is 0 Å². The van der Waals surface area contributed by atoms with Crippen molar-refractivity contribution in [3.05, 3.63) is 25.3 Å². The van der Waals surface area contributed by atoms with Crippen LogP contribution < -0.4 is 28.3 Å². The first-order chi connectivity index (χ1) is 29.9. The summed E-state index contributed by atoms with van der Waals surface area (Å²) in [4.78, 5) is 67.4. The number of aliphatic hydroxyl groups is 4. The standard InChI is InChI=1S/C14H20N6O5Se.C11H15N5O3Se.C9H16N2O5Se/c15-6(14(23)24)1-2-26-3-7-9(21)10(22)13(25-7)20-5-19-8-11(16)17-4-18-12(8)20;1-20-2-5-7(17)8(18)11(19-5)16-4-15-6-9(12)13-3-14-10(6)16;1-17-4-6(9(15)16)11-7(12)3-2-5(10)8(13)14/h4-7,9-10,13,21-22H,1-3,15H2,(H,23,24)(H2,16,17,18);3-5,7-8,11,17-18H,2H2,1H3,(H2,12,13,14);5-6H,2-4,10H2,1H3,(H,11,12)(H,13,14)(H,15,16)/t6-,7+,9?,10-,13+;5-,7?,8+,11-;/m01./s1. The Bertz CT molecular complexity index is 2160. The third-order valence-electron chi connectivity index (χ3n) is 9.47. The Morgan fingerprint density at radius 1 is 0.698 bits per heavy atom. The van der Waals surface area contributed by atoms with Gasteiger partial charge in [0.1, 0.15) is 0 Å². The van der Waals surface area contributed by atoms with E-state index in [2.05, 4.69) is 41.0 Å². The molecule has 29 heteroatoms. The van der Waals surface area contributed by atoms with Crippen LogP contribution >= 0.6 is 0 Å². The van der Waals surface area contributed by atoms with Crippen molar-refractivity contribution in [2.45, 2.75) is 119 Å². The van der Waals surface area contributed by atoms with E-state index in [0.717, 1.165) is 5.32 Å². The van der Waals surface area contributed by atoms with Crippen molar-refractivity contribution in [2.24, 2.45) is 11.5 Å². The zero-order valence-corrected chi connectivity index (χ0v) is 38.9. The van der Waals surface area contributed by atoms with E-state index in [1.807, 2.05) is 5.82 Å². The van der Waals surface area contributed by atoms with Crippen LogP contribution in [0, 0.1) is 0 Å². The number of nitrogens with one attached hydrogen (secondary N) is 1. The number of hydrogen-bond acceptors (Lipinski definition) is 20. The number of nitrogens with zero attached hydrogens (tertiary/aromatic N) is 8. The number of nitrogens with two attached hydrogens (primary N) is 4. The number of hydrogen-bond donors (Lipinski definition) is 12. The fourth-order valence-electron chi connectivity index (χ4n) is 6.02. The number of carbonyl (C=O) groups excluding carboxylic acids is 1. The molecule has 1 amide bonds. The van der Waals surface area contributed by atoms with Gasteiger partial charge in [-0.3, -0.25) is 0 Å². The molecule has 0 bridgehead atoms. The Hall–Kier alpha value is -4.18. The number of carbonyl (C=O) groups is 4. The van der Waals surface area contributed by atoms with Crippen molar-refractivity contribution in [1.82, 2.24) is 44.4 Å². The second-order valence-corrected chi connectivity index (χ2v) is 20.2. The van der Waals surface area contributed by atoms with Crippen molar-refractivity contribution < 1.29 is 64.4 Å². The van der Waals surface area contributed by atoms with Crippen molar-refractivity contribution in [2.75, 3.05) is 11.5 Å². The average Bonchev–Trinajstić information content (AvgIpc) is 4.01. The van der Waals surface area contributed by atoms with Crippen molar-refractivity contribution in [1.29, 1.82) is 0 Å². The van der Waals surface area contributed by atoms with Gasteiger partial charge in [0.05, 0.1) is 0 Å². The maximum absolute atomic E-state index is 11.3. The summed E-state index contributed by atoms with van der Waals surface area (Å²) < 4.78 is 14.7. The van der Waals surface area contributed by atoms with Gasteiger partial charge in [0, 0.05) is 0 Å². The first-order valence-corrected chi connectivity index (χ1v) is 27.1. The van der Waals surface area contributed by atoms with Gasteiger partial charge in [-0.2, -0.15) is 0 Å². The molecule has 0 aromatic carbocycles. The minimum absolute atomic E-state index is 0.00915. The molecular formula is C34H51N13O13Se3. The van der Waals surface area contributed by atoms with Crippen LogP contribution in [-0.2, 0) is 28.7 Å². The first kappa shape index (κ1) is 51.5.